The minimum Gasteiger partial charge on any atom is -0.339 e. The summed E-state index contributed by atoms with van der Waals surface area (Å²) in [7, 11) is 0. The molecule has 0 saturated carbocycles. The Morgan fingerprint density at radius 2 is 1.50 bits per heavy atom. The van der Waals surface area contributed by atoms with Crippen molar-refractivity contribution in [3.05, 3.63) is 35.4 Å². The molecule has 0 aliphatic carbocycles. The van der Waals surface area contributed by atoms with E-state index < -0.39 is 5.24 Å². The van der Waals surface area contributed by atoms with Gasteiger partial charge in [0.05, 0.1) is 0 Å². The van der Waals surface area contributed by atoms with Crippen molar-refractivity contribution in [2.24, 2.45) is 0 Å². The average molecular weight is 240 g/mol. The van der Waals surface area contributed by atoms with Gasteiger partial charge in [0.1, 0.15) is 0 Å². The van der Waals surface area contributed by atoms with Gasteiger partial charge >= 0.3 is 0 Å². The van der Waals surface area contributed by atoms with E-state index in [4.69, 9.17) is 11.6 Å². The molecule has 0 aromatic heterocycles. The zero-order chi connectivity index (χ0) is 12.1. The normalized spacial score (nSPS) is 9.94. The zero-order valence-electron chi connectivity index (χ0n) is 9.37. The molecule has 0 heterocycles. The zero-order valence-corrected chi connectivity index (χ0v) is 10.1. The van der Waals surface area contributed by atoms with Crippen LogP contribution in [-0.2, 0) is 0 Å². The van der Waals surface area contributed by atoms with Gasteiger partial charge in [0, 0.05) is 24.2 Å². The molecule has 1 rings (SSSR count). The maximum Gasteiger partial charge on any atom is 0.253 e. The van der Waals surface area contributed by atoms with Crippen LogP contribution in [0.5, 0.6) is 0 Å². The summed E-state index contributed by atoms with van der Waals surface area (Å²) in [5, 5.41) is -0.512. The van der Waals surface area contributed by atoms with Crippen molar-refractivity contribution in [1.29, 1.82) is 0 Å². The van der Waals surface area contributed by atoms with Crippen molar-refractivity contribution >= 4 is 22.8 Å². The van der Waals surface area contributed by atoms with Crippen molar-refractivity contribution in [2.75, 3.05) is 13.1 Å². The first-order valence-corrected chi connectivity index (χ1v) is 5.57. The van der Waals surface area contributed by atoms with E-state index in [2.05, 4.69) is 0 Å². The Balaban J connectivity index is 2.89. The SMILES string of the molecule is CCN(CC)C(=O)c1ccc(C(=O)Cl)cc1. The van der Waals surface area contributed by atoms with Crippen LogP contribution in [0.25, 0.3) is 0 Å². The van der Waals surface area contributed by atoms with E-state index in [-0.39, 0.29) is 5.91 Å². The minimum absolute atomic E-state index is 0.0291. The highest BCUT2D eigenvalue weighted by atomic mass is 35.5. The second kappa shape index (κ2) is 5.66. The number of amides is 1. The lowest BCUT2D eigenvalue weighted by Gasteiger charge is -2.18. The summed E-state index contributed by atoms with van der Waals surface area (Å²) < 4.78 is 0. The van der Waals surface area contributed by atoms with Gasteiger partial charge in [-0.05, 0) is 49.7 Å². The molecule has 1 aromatic carbocycles. The van der Waals surface area contributed by atoms with Crippen LogP contribution in [0.4, 0.5) is 0 Å². The van der Waals surface area contributed by atoms with Crippen molar-refractivity contribution in [3.63, 3.8) is 0 Å². The van der Waals surface area contributed by atoms with E-state index >= 15 is 0 Å². The second-order valence-electron chi connectivity index (χ2n) is 3.33. The standard InChI is InChI=1S/C12H14ClNO2/c1-3-14(4-2)12(16)10-7-5-9(6-8-10)11(13)15/h5-8H,3-4H2,1-2H3. The lowest BCUT2D eigenvalue weighted by Crippen LogP contribution is -2.30. The number of carbonyl (C=O) groups is 2. The van der Waals surface area contributed by atoms with Crippen LogP contribution < -0.4 is 0 Å². The lowest BCUT2D eigenvalue weighted by atomic mass is 10.1. The van der Waals surface area contributed by atoms with Crippen LogP contribution >= 0.6 is 11.6 Å². The molecular formula is C12H14ClNO2. The fourth-order valence-electron chi connectivity index (χ4n) is 1.44. The topological polar surface area (TPSA) is 37.4 Å². The Morgan fingerprint density at radius 3 is 1.88 bits per heavy atom. The van der Waals surface area contributed by atoms with Gasteiger partial charge < -0.3 is 4.90 Å². The molecule has 0 N–H and O–H groups in total. The predicted molar refractivity (Wildman–Crippen MR) is 63.9 cm³/mol. The Bertz CT molecular complexity index is 383. The lowest BCUT2D eigenvalue weighted by molar-refractivity contribution is 0.0772. The fraction of sp³-hybridized carbons (Fsp3) is 0.333. The van der Waals surface area contributed by atoms with Crippen LogP contribution in [-0.4, -0.2) is 29.1 Å². The fourth-order valence-corrected chi connectivity index (χ4v) is 1.56. The summed E-state index contributed by atoms with van der Waals surface area (Å²) in [6.45, 7) is 5.20. The second-order valence-corrected chi connectivity index (χ2v) is 3.67. The first-order valence-electron chi connectivity index (χ1n) is 5.19. The first-order chi connectivity index (χ1) is 7.60. The molecule has 0 aliphatic rings. The van der Waals surface area contributed by atoms with Crippen molar-refractivity contribution in [3.8, 4) is 0 Å². The Hall–Kier alpha value is -1.35. The first kappa shape index (κ1) is 12.7. The molecule has 16 heavy (non-hydrogen) atoms. The minimum atomic E-state index is -0.512. The van der Waals surface area contributed by atoms with E-state index in [1.165, 1.54) is 0 Å². The van der Waals surface area contributed by atoms with E-state index in [0.29, 0.717) is 24.2 Å². The van der Waals surface area contributed by atoms with Gasteiger partial charge in [0.2, 0.25) is 0 Å². The van der Waals surface area contributed by atoms with Gasteiger partial charge in [0.15, 0.2) is 0 Å². The highest BCUT2D eigenvalue weighted by Gasteiger charge is 2.12. The van der Waals surface area contributed by atoms with Crippen molar-refractivity contribution in [2.45, 2.75) is 13.8 Å². The van der Waals surface area contributed by atoms with Gasteiger partial charge in [-0.3, -0.25) is 9.59 Å². The molecule has 0 atom stereocenters. The third kappa shape index (κ3) is 2.83. The number of halogens is 1. The number of carbonyl (C=O) groups excluding carboxylic acids is 2. The molecule has 0 radical (unpaired) electrons. The Kier molecular flexibility index (Phi) is 4.50. The maximum absolute atomic E-state index is 11.9. The number of hydrogen-bond acceptors (Lipinski definition) is 2. The molecule has 0 unspecified atom stereocenters. The molecule has 1 aromatic rings. The monoisotopic (exact) mass is 239 g/mol. The largest absolute Gasteiger partial charge is 0.339 e. The van der Waals surface area contributed by atoms with Gasteiger partial charge in [0.25, 0.3) is 11.1 Å². The summed E-state index contributed by atoms with van der Waals surface area (Å²) in [4.78, 5) is 24.5. The highest BCUT2D eigenvalue weighted by molar-refractivity contribution is 6.67. The molecule has 3 nitrogen and oxygen atoms in total. The average Bonchev–Trinajstić information content (AvgIpc) is 2.30. The Morgan fingerprint density at radius 1 is 1.06 bits per heavy atom. The summed E-state index contributed by atoms with van der Waals surface area (Å²) in [6.07, 6.45) is 0. The van der Waals surface area contributed by atoms with Crippen LogP contribution in [0, 0.1) is 0 Å². The molecule has 0 bridgehead atoms. The van der Waals surface area contributed by atoms with Gasteiger partial charge in [-0.15, -0.1) is 0 Å². The highest BCUT2D eigenvalue weighted by Crippen LogP contribution is 2.09. The quantitative estimate of drug-likeness (QED) is 0.758. The van der Waals surface area contributed by atoms with Gasteiger partial charge in [-0.1, -0.05) is 0 Å². The third-order valence-corrected chi connectivity index (χ3v) is 2.63. The number of benzene rings is 1. The number of hydrogen-bond donors (Lipinski definition) is 0. The summed E-state index contributed by atoms with van der Waals surface area (Å²) in [6, 6.07) is 6.37. The maximum atomic E-state index is 11.9. The van der Waals surface area contributed by atoms with Gasteiger partial charge in [-0.25, -0.2) is 0 Å². The van der Waals surface area contributed by atoms with E-state index in [0.717, 1.165) is 0 Å². The summed E-state index contributed by atoms with van der Waals surface area (Å²) in [5.41, 5.74) is 0.975. The smallest absolute Gasteiger partial charge is 0.253 e. The predicted octanol–water partition coefficient (Wildman–Crippen LogP) is 2.55. The van der Waals surface area contributed by atoms with Crippen molar-refractivity contribution in [1.82, 2.24) is 4.90 Å². The Labute approximate surface area is 100 Å². The molecular weight excluding hydrogens is 226 g/mol. The van der Waals surface area contributed by atoms with Crippen LogP contribution in [0.3, 0.4) is 0 Å². The molecule has 0 aliphatic heterocycles. The molecule has 0 saturated heterocycles. The number of nitrogens with zero attached hydrogens (tertiary/aromatic N) is 1. The summed E-state index contributed by atoms with van der Waals surface area (Å²) >= 11 is 5.32. The van der Waals surface area contributed by atoms with E-state index in [9.17, 15) is 9.59 Å². The molecule has 4 heteroatoms. The van der Waals surface area contributed by atoms with Crippen LogP contribution in [0.15, 0.2) is 24.3 Å². The van der Waals surface area contributed by atoms with Crippen LogP contribution in [0.1, 0.15) is 34.6 Å². The molecule has 0 fully saturated rings. The molecule has 1 amide bonds. The van der Waals surface area contributed by atoms with E-state index in [1.807, 2.05) is 13.8 Å². The molecule has 86 valence electrons. The number of rotatable bonds is 4. The third-order valence-electron chi connectivity index (χ3n) is 2.41. The van der Waals surface area contributed by atoms with E-state index in [1.54, 1.807) is 29.2 Å². The van der Waals surface area contributed by atoms with Crippen molar-refractivity contribution < 1.29 is 9.59 Å². The van der Waals surface area contributed by atoms with Gasteiger partial charge in [-0.2, -0.15) is 0 Å². The van der Waals surface area contributed by atoms with Crippen LogP contribution in [0.2, 0.25) is 0 Å². The summed E-state index contributed by atoms with van der Waals surface area (Å²) in [5.74, 6) is -0.0291. The molecule has 0 spiro atoms.